The molecule has 4 unspecified atom stereocenters. The number of nitrogens with zero attached hydrogens (tertiary/aromatic N) is 2. The van der Waals surface area contributed by atoms with E-state index in [2.05, 4.69) is 36.6 Å². The molecule has 94 valence electrons. The minimum atomic E-state index is -0.280. The Morgan fingerprint density at radius 3 is 3.00 bits per heavy atom. The maximum Gasteiger partial charge on any atom is 0.404 e. The molecule has 3 heterocycles. The van der Waals surface area contributed by atoms with Gasteiger partial charge in [-0.15, -0.1) is 0 Å². The van der Waals surface area contributed by atoms with Crippen LogP contribution in [0.3, 0.4) is 0 Å². The van der Waals surface area contributed by atoms with E-state index in [9.17, 15) is 4.79 Å². The first kappa shape index (κ1) is 10.5. The summed E-state index contributed by atoms with van der Waals surface area (Å²) in [6, 6.07) is 8.86. The molecule has 4 atom stereocenters. The van der Waals surface area contributed by atoms with Crippen LogP contribution in [0.1, 0.15) is 24.5 Å². The molecule has 3 aliphatic heterocycles. The summed E-state index contributed by atoms with van der Waals surface area (Å²) in [6.07, 6.45) is 1.93. The van der Waals surface area contributed by atoms with Crippen LogP contribution in [0, 0.1) is 0 Å². The molecule has 4 aliphatic rings. The zero-order valence-electron chi connectivity index (χ0n) is 10.5. The number of carbonyl (C=O) groups excluding carboxylic acids is 1. The van der Waals surface area contributed by atoms with Crippen LogP contribution in [0.2, 0.25) is 0 Å². The lowest BCUT2D eigenvalue weighted by molar-refractivity contribution is -0.892. The summed E-state index contributed by atoms with van der Waals surface area (Å²) >= 11 is 0. The van der Waals surface area contributed by atoms with E-state index in [1.54, 1.807) is 0 Å². The number of hydrogen-bond acceptors (Lipinski definition) is 1. The number of amides is 2. The van der Waals surface area contributed by atoms with Crippen LogP contribution < -0.4 is 5.73 Å². The van der Waals surface area contributed by atoms with Crippen molar-refractivity contribution in [3.8, 4) is 0 Å². The summed E-state index contributed by atoms with van der Waals surface area (Å²) in [4.78, 5) is 11.7. The smallest absolute Gasteiger partial charge is 0.404 e. The molecule has 3 saturated heterocycles. The molecule has 0 aromatic heterocycles. The Morgan fingerprint density at radius 2 is 2.28 bits per heavy atom. The molecule has 4 bridgehead atoms. The monoisotopic (exact) mass is 243 g/mol. The molecular weight excluding hydrogens is 226 g/mol. The van der Waals surface area contributed by atoms with Crippen LogP contribution >= 0.6 is 0 Å². The van der Waals surface area contributed by atoms with Crippen molar-refractivity contribution in [2.45, 2.75) is 37.3 Å². The summed E-state index contributed by atoms with van der Waals surface area (Å²) in [6.45, 7) is 3.06. The summed E-state index contributed by atoms with van der Waals surface area (Å²) < 4.78 is 0.175. The van der Waals surface area contributed by atoms with E-state index < -0.39 is 0 Å². The highest BCUT2D eigenvalue weighted by Gasteiger charge is 2.62. The molecule has 1 aliphatic carbocycles. The van der Waals surface area contributed by atoms with Crippen molar-refractivity contribution in [3.63, 3.8) is 0 Å². The number of primary amides is 1. The van der Waals surface area contributed by atoms with Gasteiger partial charge in [0.1, 0.15) is 0 Å². The van der Waals surface area contributed by atoms with Crippen LogP contribution in [0.15, 0.2) is 24.3 Å². The third-order valence-electron chi connectivity index (χ3n) is 5.31. The van der Waals surface area contributed by atoms with Gasteiger partial charge in [-0.3, -0.25) is 0 Å². The average Bonchev–Trinajstić information content (AvgIpc) is 2.34. The second-order valence-corrected chi connectivity index (χ2v) is 6.04. The van der Waals surface area contributed by atoms with E-state index in [4.69, 9.17) is 5.73 Å². The molecule has 0 radical (unpaired) electrons. The predicted molar refractivity (Wildman–Crippen MR) is 67.8 cm³/mol. The van der Waals surface area contributed by atoms with Crippen LogP contribution in [0.5, 0.6) is 0 Å². The van der Waals surface area contributed by atoms with Gasteiger partial charge in [0.2, 0.25) is 0 Å². The molecular formula is C14H17N3O. The first-order valence-electron chi connectivity index (χ1n) is 6.56. The first-order valence-corrected chi connectivity index (χ1v) is 6.56. The van der Waals surface area contributed by atoms with Gasteiger partial charge < -0.3 is 15.8 Å². The summed E-state index contributed by atoms with van der Waals surface area (Å²) in [5.41, 5.74) is 13.2. The standard InChI is InChI=1S/C14H17N3O/c1-14-6-7-17(13(15)18)11(12(14)16-17)8-9-4-2-3-5-10(9)14/h2-5,11-12H,6-8H2,1H3,(H2,15,18). The molecule has 18 heavy (non-hydrogen) atoms. The second-order valence-electron chi connectivity index (χ2n) is 6.04. The Bertz CT molecular complexity index is 554. The van der Waals surface area contributed by atoms with Crippen molar-refractivity contribution in [1.82, 2.24) is 0 Å². The fourth-order valence-electron chi connectivity index (χ4n) is 4.24. The van der Waals surface area contributed by atoms with Crippen molar-refractivity contribution in [1.29, 1.82) is 0 Å². The van der Waals surface area contributed by atoms with Gasteiger partial charge in [-0.05, 0) is 22.6 Å². The van der Waals surface area contributed by atoms with Gasteiger partial charge in [0.15, 0.2) is 0 Å². The number of quaternary nitrogens is 1. The first-order chi connectivity index (χ1) is 8.58. The zero-order chi connectivity index (χ0) is 12.5. The largest absolute Gasteiger partial charge is 0.434 e. The summed E-state index contributed by atoms with van der Waals surface area (Å²) in [5, 5.41) is 0. The summed E-state index contributed by atoms with van der Waals surface area (Å²) in [5.74, 6) is 0. The average molecular weight is 243 g/mol. The maximum atomic E-state index is 11.7. The van der Waals surface area contributed by atoms with E-state index in [0.29, 0.717) is 0 Å². The molecule has 4 nitrogen and oxygen atoms in total. The number of carbonyl (C=O) groups is 1. The minimum absolute atomic E-state index is 0.106. The van der Waals surface area contributed by atoms with Crippen molar-refractivity contribution in [2.24, 2.45) is 5.73 Å². The third-order valence-corrected chi connectivity index (χ3v) is 5.31. The Hall–Kier alpha value is -1.39. The van der Waals surface area contributed by atoms with Gasteiger partial charge in [0.05, 0.1) is 12.6 Å². The van der Waals surface area contributed by atoms with Crippen molar-refractivity contribution >= 4 is 6.03 Å². The highest BCUT2D eigenvalue weighted by molar-refractivity contribution is 5.68. The molecule has 0 spiro atoms. The van der Waals surface area contributed by atoms with E-state index in [1.807, 2.05) is 0 Å². The van der Waals surface area contributed by atoms with Gasteiger partial charge >= 0.3 is 6.03 Å². The van der Waals surface area contributed by atoms with Crippen molar-refractivity contribution in [3.05, 3.63) is 40.8 Å². The predicted octanol–water partition coefficient (Wildman–Crippen LogP) is 1.84. The van der Waals surface area contributed by atoms with Crippen LogP contribution in [0.4, 0.5) is 4.79 Å². The minimum Gasteiger partial charge on any atom is -0.434 e. The van der Waals surface area contributed by atoms with Gasteiger partial charge in [-0.2, -0.15) is 0 Å². The lowest BCUT2D eigenvalue weighted by atomic mass is 9.59. The number of urea groups is 1. The SMILES string of the molecule is CC12CC[N+]3(C(N)=O)[N-]C1C3Cc1ccccc12. The highest BCUT2D eigenvalue weighted by atomic mass is 16.2. The number of rotatable bonds is 0. The second kappa shape index (κ2) is 2.95. The molecule has 5 rings (SSSR count). The maximum absolute atomic E-state index is 11.7. The lowest BCUT2D eigenvalue weighted by Crippen LogP contribution is -2.81. The number of nitrogens with two attached hydrogens (primary N) is 1. The molecule has 1 aromatic rings. The molecule has 3 fully saturated rings. The van der Waals surface area contributed by atoms with Crippen LogP contribution in [0.25, 0.3) is 5.43 Å². The number of fused-ring (bicyclic) bond motifs is 2. The number of piperidine rings is 1. The summed E-state index contributed by atoms with van der Waals surface area (Å²) in [7, 11) is 0. The Labute approximate surface area is 106 Å². The number of hydrogen-bond donors (Lipinski definition) is 1. The Morgan fingerprint density at radius 1 is 1.50 bits per heavy atom. The highest BCUT2D eigenvalue weighted by Crippen LogP contribution is 2.58. The van der Waals surface area contributed by atoms with Gasteiger partial charge in [0.25, 0.3) is 0 Å². The van der Waals surface area contributed by atoms with Gasteiger partial charge in [0, 0.05) is 12.8 Å². The topological polar surface area (TPSA) is 57.2 Å². The fourth-order valence-corrected chi connectivity index (χ4v) is 4.24. The fraction of sp³-hybridized carbons (Fsp3) is 0.500. The van der Waals surface area contributed by atoms with Gasteiger partial charge in [-0.25, -0.2) is 4.79 Å². The van der Waals surface area contributed by atoms with Gasteiger partial charge in [-0.1, -0.05) is 31.2 Å². The normalized spacial score (nSPS) is 43.8. The van der Waals surface area contributed by atoms with Crippen molar-refractivity contribution < 1.29 is 9.39 Å². The molecule has 2 amide bonds. The molecule has 4 heteroatoms. The van der Waals surface area contributed by atoms with Crippen LogP contribution in [-0.4, -0.2) is 29.3 Å². The Balaban J connectivity index is 1.87. The van der Waals surface area contributed by atoms with Crippen molar-refractivity contribution in [2.75, 3.05) is 6.54 Å². The van der Waals surface area contributed by atoms with Crippen LogP contribution in [-0.2, 0) is 11.8 Å². The van der Waals surface area contributed by atoms with E-state index in [-0.39, 0.29) is 28.1 Å². The zero-order valence-corrected chi connectivity index (χ0v) is 10.5. The quantitative estimate of drug-likeness (QED) is 0.694. The molecule has 0 saturated carbocycles. The number of benzene rings is 1. The molecule has 2 N–H and O–H groups in total. The van der Waals surface area contributed by atoms with E-state index in [0.717, 1.165) is 19.4 Å². The van der Waals surface area contributed by atoms with E-state index in [1.165, 1.54) is 11.1 Å². The Kier molecular flexibility index (Phi) is 1.72. The third kappa shape index (κ3) is 0.942. The lowest BCUT2D eigenvalue weighted by Gasteiger charge is -2.76. The molecule has 1 aromatic carbocycles. The van der Waals surface area contributed by atoms with E-state index >= 15 is 0 Å².